The third kappa shape index (κ3) is 3.56. The van der Waals surface area contributed by atoms with E-state index in [0.29, 0.717) is 17.3 Å². The van der Waals surface area contributed by atoms with Crippen molar-refractivity contribution in [2.45, 2.75) is 18.8 Å². The summed E-state index contributed by atoms with van der Waals surface area (Å²) in [7, 11) is 1.72. The van der Waals surface area contributed by atoms with Crippen molar-refractivity contribution in [3.63, 3.8) is 0 Å². The number of nitrogens with zero attached hydrogens (tertiary/aromatic N) is 1. The zero-order valence-electron chi connectivity index (χ0n) is 11.3. The molecule has 0 N–H and O–H groups in total. The molecular formula is C15H15Cl2NO2. The number of hydrogen-bond acceptors (Lipinski definition) is 2. The molecule has 0 spiro atoms. The third-order valence-electron chi connectivity index (χ3n) is 2.89. The summed E-state index contributed by atoms with van der Waals surface area (Å²) < 4.78 is 5.44. The number of carbonyl (C=O) groups is 1. The van der Waals surface area contributed by atoms with Gasteiger partial charge in [-0.2, -0.15) is 0 Å². The Kier molecular flexibility index (Phi) is 4.73. The standard InChI is InChI=1S/C15H15Cl2NO2/c1-10(16)13-6-7-14(20-13)15(19)18(2)9-11-4-3-5-12(17)8-11/h3-8,10H,9H2,1-2H3. The van der Waals surface area contributed by atoms with Gasteiger partial charge in [-0.25, -0.2) is 0 Å². The Hall–Kier alpha value is -1.45. The molecule has 1 aromatic carbocycles. The number of rotatable bonds is 4. The lowest BCUT2D eigenvalue weighted by Gasteiger charge is -2.16. The molecule has 1 heterocycles. The van der Waals surface area contributed by atoms with Crippen LogP contribution in [0.2, 0.25) is 5.02 Å². The lowest BCUT2D eigenvalue weighted by atomic mass is 10.2. The molecule has 1 amide bonds. The predicted octanol–water partition coefficient (Wildman–Crippen LogP) is 4.51. The number of alkyl halides is 1. The van der Waals surface area contributed by atoms with Crippen LogP contribution in [-0.4, -0.2) is 17.9 Å². The van der Waals surface area contributed by atoms with Gasteiger partial charge in [-0.05, 0) is 36.8 Å². The summed E-state index contributed by atoms with van der Waals surface area (Å²) in [6.45, 7) is 2.26. The number of furan rings is 1. The minimum Gasteiger partial charge on any atom is -0.454 e. The molecule has 1 atom stereocenters. The second-order valence-corrected chi connectivity index (χ2v) is 5.70. The van der Waals surface area contributed by atoms with Crippen LogP contribution in [0, 0.1) is 0 Å². The molecule has 0 aliphatic heterocycles. The van der Waals surface area contributed by atoms with Gasteiger partial charge in [-0.1, -0.05) is 23.7 Å². The molecule has 0 aliphatic carbocycles. The molecule has 1 unspecified atom stereocenters. The summed E-state index contributed by atoms with van der Waals surface area (Å²) in [4.78, 5) is 13.8. The van der Waals surface area contributed by atoms with Gasteiger partial charge in [0.05, 0.1) is 5.38 Å². The summed E-state index contributed by atoms with van der Waals surface area (Å²) in [5.41, 5.74) is 0.964. The lowest BCUT2D eigenvalue weighted by molar-refractivity contribution is 0.0751. The normalized spacial score (nSPS) is 12.2. The van der Waals surface area contributed by atoms with Crippen molar-refractivity contribution < 1.29 is 9.21 Å². The van der Waals surface area contributed by atoms with Gasteiger partial charge in [-0.15, -0.1) is 11.6 Å². The van der Waals surface area contributed by atoms with Crippen LogP contribution in [0.3, 0.4) is 0 Å². The van der Waals surface area contributed by atoms with Crippen LogP contribution in [0.15, 0.2) is 40.8 Å². The van der Waals surface area contributed by atoms with Gasteiger partial charge < -0.3 is 9.32 Å². The Morgan fingerprint density at radius 3 is 2.70 bits per heavy atom. The van der Waals surface area contributed by atoms with Crippen molar-refractivity contribution in [3.8, 4) is 0 Å². The lowest BCUT2D eigenvalue weighted by Crippen LogP contribution is -2.25. The average molecular weight is 312 g/mol. The smallest absolute Gasteiger partial charge is 0.289 e. The molecule has 0 fully saturated rings. The molecule has 2 aromatic rings. The van der Waals surface area contributed by atoms with Gasteiger partial charge in [0.1, 0.15) is 5.76 Å². The van der Waals surface area contributed by atoms with Crippen LogP contribution in [0.5, 0.6) is 0 Å². The van der Waals surface area contributed by atoms with Crippen molar-refractivity contribution in [1.29, 1.82) is 0 Å². The monoisotopic (exact) mass is 311 g/mol. The number of amides is 1. The Morgan fingerprint density at radius 1 is 1.35 bits per heavy atom. The summed E-state index contributed by atoms with van der Waals surface area (Å²) in [6, 6.07) is 10.8. The summed E-state index contributed by atoms with van der Waals surface area (Å²) in [5.74, 6) is 0.691. The summed E-state index contributed by atoms with van der Waals surface area (Å²) in [6.07, 6.45) is 0. The van der Waals surface area contributed by atoms with E-state index < -0.39 is 0 Å². The van der Waals surface area contributed by atoms with Gasteiger partial charge in [0.15, 0.2) is 5.76 Å². The second kappa shape index (κ2) is 6.33. The summed E-state index contributed by atoms with van der Waals surface area (Å²) >= 11 is 11.8. The highest BCUT2D eigenvalue weighted by atomic mass is 35.5. The third-order valence-corrected chi connectivity index (χ3v) is 3.34. The maximum Gasteiger partial charge on any atom is 0.289 e. The van der Waals surface area contributed by atoms with Gasteiger partial charge in [-0.3, -0.25) is 4.79 Å². The van der Waals surface area contributed by atoms with E-state index in [1.165, 1.54) is 0 Å². The molecule has 106 valence electrons. The molecule has 0 aliphatic rings. The molecule has 0 bridgehead atoms. The zero-order chi connectivity index (χ0) is 14.7. The second-order valence-electron chi connectivity index (χ2n) is 4.61. The predicted molar refractivity (Wildman–Crippen MR) is 80.2 cm³/mol. The number of halogens is 2. The van der Waals surface area contributed by atoms with Gasteiger partial charge in [0.2, 0.25) is 0 Å². The quantitative estimate of drug-likeness (QED) is 0.779. The van der Waals surface area contributed by atoms with E-state index in [9.17, 15) is 4.79 Å². The van der Waals surface area contributed by atoms with Crippen LogP contribution < -0.4 is 0 Å². The first kappa shape index (κ1) is 14.9. The van der Waals surface area contributed by atoms with Gasteiger partial charge >= 0.3 is 0 Å². The maximum atomic E-state index is 12.2. The molecule has 5 heteroatoms. The molecule has 1 aromatic heterocycles. The minimum atomic E-state index is -0.255. The maximum absolute atomic E-state index is 12.2. The molecule has 0 saturated heterocycles. The van der Waals surface area contributed by atoms with Crippen LogP contribution in [0.1, 0.15) is 34.2 Å². The molecule has 20 heavy (non-hydrogen) atoms. The van der Waals surface area contributed by atoms with E-state index in [4.69, 9.17) is 27.6 Å². The minimum absolute atomic E-state index is 0.187. The molecular weight excluding hydrogens is 297 g/mol. The van der Waals surface area contributed by atoms with Crippen molar-refractivity contribution >= 4 is 29.1 Å². The van der Waals surface area contributed by atoms with Crippen molar-refractivity contribution in [2.24, 2.45) is 0 Å². The summed E-state index contributed by atoms with van der Waals surface area (Å²) in [5, 5.41) is 0.398. The number of hydrogen-bond donors (Lipinski definition) is 0. The van der Waals surface area contributed by atoms with Crippen molar-refractivity contribution in [1.82, 2.24) is 4.90 Å². The van der Waals surface area contributed by atoms with Crippen LogP contribution in [0.4, 0.5) is 0 Å². The zero-order valence-corrected chi connectivity index (χ0v) is 12.8. The number of benzene rings is 1. The Morgan fingerprint density at radius 2 is 2.10 bits per heavy atom. The Bertz CT molecular complexity index is 607. The fraction of sp³-hybridized carbons (Fsp3) is 0.267. The molecule has 3 nitrogen and oxygen atoms in total. The molecule has 0 radical (unpaired) electrons. The van der Waals surface area contributed by atoms with E-state index in [1.54, 1.807) is 37.1 Å². The average Bonchev–Trinajstić information content (AvgIpc) is 2.87. The SMILES string of the molecule is CC(Cl)c1ccc(C(=O)N(C)Cc2cccc(Cl)c2)o1. The number of carbonyl (C=O) groups excluding carboxylic acids is 1. The van der Waals surface area contributed by atoms with Crippen LogP contribution in [0.25, 0.3) is 0 Å². The van der Waals surface area contributed by atoms with Gasteiger partial charge in [0.25, 0.3) is 5.91 Å². The first-order valence-electron chi connectivity index (χ1n) is 6.21. The largest absolute Gasteiger partial charge is 0.454 e. The van der Waals surface area contributed by atoms with E-state index >= 15 is 0 Å². The highest BCUT2D eigenvalue weighted by Crippen LogP contribution is 2.22. The fourth-order valence-corrected chi connectivity index (χ4v) is 2.18. The van der Waals surface area contributed by atoms with E-state index in [2.05, 4.69) is 0 Å². The van der Waals surface area contributed by atoms with E-state index in [0.717, 1.165) is 5.56 Å². The van der Waals surface area contributed by atoms with Gasteiger partial charge in [0, 0.05) is 18.6 Å². The molecule has 2 rings (SSSR count). The van der Waals surface area contributed by atoms with E-state index in [1.807, 2.05) is 18.2 Å². The Balaban J connectivity index is 2.08. The topological polar surface area (TPSA) is 33.5 Å². The highest BCUT2D eigenvalue weighted by molar-refractivity contribution is 6.30. The fourth-order valence-electron chi connectivity index (χ4n) is 1.85. The van der Waals surface area contributed by atoms with Crippen LogP contribution >= 0.6 is 23.2 Å². The van der Waals surface area contributed by atoms with Crippen molar-refractivity contribution in [2.75, 3.05) is 7.05 Å². The van der Waals surface area contributed by atoms with Crippen molar-refractivity contribution in [3.05, 3.63) is 58.5 Å². The van der Waals surface area contributed by atoms with E-state index in [-0.39, 0.29) is 17.0 Å². The molecule has 0 saturated carbocycles. The Labute approximate surface area is 128 Å². The highest BCUT2D eigenvalue weighted by Gasteiger charge is 2.17. The first-order valence-corrected chi connectivity index (χ1v) is 7.02. The first-order chi connectivity index (χ1) is 9.47. The van der Waals surface area contributed by atoms with Crippen LogP contribution in [-0.2, 0) is 6.54 Å².